The Bertz CT molecular complexity index is 508. The number of benzene rings is 1. The maximum Gasteiger partial charge on any atom is 0.322 e. The molecule has 100 valence electrons. The number of ether oxygens (including phenoxy) is 1. The highest BCUT2D eigenvalue weighted by Gasteiger charge is 2.15. The first-order valence-corrected chi connectivity index (χ1v) is 5.70. The summed E-state index contributed by atoms with van der Waals surface area (Å²) in [5, 5.41) is 11.4. The number of nitrogens with zero attached hydrogens (tertiary/aromatic N) is 1. The van der Waals surface area contributed by atoms with Gasteiger partial charge in [0, 0.05) is 12.1 Å². The number of hydrogen-bond acceptors (Lipinski definition) is 5. The van der Waals surface area contributed by atoms with Crippen LogP contribution in [0.25, 0.3) is 0 Å². The summed E-state index contributed by atoms with van der Waals surface area (Å²) in [4.78, 5) is 22.7. The molecule has 0 aliphatic rings. The summed E-state index contributed by atoms with van der Waals surface area (Å²) in [5.41, 5.74) is 6.52. The van der Waals surface area contributed by atoms with E-state index in [4.69, 9.17) is 11.0 Å². The van der Waals surface area contributed by atoms with Crippen LogP contribution in [-0.4, -0.2) is 25.0 Å². The number of nitrogens with one attached hydrogen (secondary N) is 1. The molecule has 1 rings (SSSR count). The van der Waals surface area contributed by atoms with Crippen molar-refractivity contribution in [1.82, 2.24) is 0 Å². The van der Waals surface area contributed by atoms with E-state index < -0.39 is 12.0 Å². The van der Waals surface area contributed by atoms with Crippen LogP contribution in [0.3, 0.4) is 0 Å². The van der Waals surface area contributed by atoms with Crippen molar-refractivity contribution in [1.29, 1.82) is 5.26 Å². The first-order chi connectivity index (χ1) is 9.06. The fraction of sp³-hybridized carbons (Fsp3) is 0.308. The molecule has 3 N–H and O–H groups in total. The van der Waals surface area contributed by atoms with Crippen molar-refractivity contribution in [2.75, 3.05) is 12.4 Å². The zero-order chi connectivity index (χ0) is 14.3. The molecular weight excluding hydrogens is 246 g/mol. The molecule has 6 nitrogen and oxygen atoms in total. The number of nitriles is 1. The van der Waals surface area contributed by atoms with Gasteiger partial charge in [0.1, 0.15) is 6.04 Å². The van der Waals surface area contributed by atoms with Gasteiger partial charge in [0.15, 0.2) is 0 Å². The summed E-state index contributed by atoms with van der Waals surface area (Å²) < 4.78 is 4.46. The minimum Gasteiger partial charge on any atom is -0.468 e. The molecule has 0 saturated carbocycles. The second-order valence-electron chi connectivity index (χ2n) is 3.91. The maximum atomic E-state index is 11.6. The van der Waals surface area contributed by atoms with Crippen LogP contribution in [0.15, 0.2) is 24.3 Å². The summed E-state index contributed by atoms with van der Waals surface area (Å²) in [6.45, 7) is 0. The molecule has 0 aromatic heterocycles. The van der Waals surface area contributed by atoms with Gasteiger partial charge in [0.25, 0.3) is 0 Å². The Morgan fingerprint density at radius 3 is 2.89 bits per heavy atom. The van der Waals surface area contributed by atoms with Crippen LogP contribution < -0.4 is 11.1 Å². The molecule has 0 aliphatic carbocycles. The van der Waals surface area contributed by atoms with Crippen LogP contribution in [0.1, 0.15) is 18.4 Å². The van der Waals surface area contributed by atoms with Gasteiger partial charge in [0.05, 0.1) is 18.7 Å². The Kier molecular flexibility index (Phi) is 5.51. The summed E-state index contributed by atoms with van der Waals surface area (Å²) in [6, 6.07) is 7.74. The van der Waals surface area contributed by atoms with Gasteiger partial charge in [-0.05, 0) is 24.6 Å². The van der Waals surface area contributed by atoms with Crippen LogP contribution in [-0.2, 0) is 14.3 Å². The number of hydrogen-bond donors (Lipinski definition) is 2. The summed E-state index contributed by atoms with van der Waals surface area (Å²) >= 11 is 0. The molecule has 1 amide bonds. The molecule has 0 bridgehead atoms. The van der Waals surface area contributed by atoms with Crippen LogP contribution in [0.2, 0.25) is 0 Å². The smallest absolute Gasteiger partial charge is 0.322 e. The molecule has 19 heavy (non-hydrogen) atoms. The largest absolute Gasteiger partial charge is 0.468 e. The van der Waals surface area contributed by atoms with E-state index >= 15 is 0 Å². The van der Waals surface area contributed by atoms with Gasteiger partial charge < -0.3 is 15.8 Å². The number of carbonyl (C=O) groups is 2. The van der Waals surface area contributed by atoms with E-state index in [0.29, 0.717) is 11.3 Å². The van der Waals surface area contributed by atoms with E-state index in [1.165, 1.54) is 7.11 Å². The summed E-state index contributed by atoms with van der Waals surface area (Å²) in [5.74, 6) is -0.811. The van der Waals surface area contributed by atoms with Crippen LogP contribution >= 0.6 is 0 Å². The average molecular weight is 261 g/mol. The fourth-order valence-electron chi connectivity index (χ4n) is 1.45. The lowest BCUT2D eigenvalue weighted by atomic mass is 10.1. The number of nitrogens with two attached hydrogens (primary N) is 1. The van der Waals surface area contributed by atoms with Gasteiger partial charge in [-0.15, -0.1) is 0 Å². The lowest BCUT2D eigenvalue weighted by Gasteiger charge is -2.09. The second-order valence-corrected chi connectivity index (χ2v) is 3.91. The Balaban J connectivity index is 2.47. The molecule has 0 saturated heterocycles. The Morgan fingerprint density at radius 1 is 1.53 bits per heavy atom. The predicted octanol–water partition coefficient (Wildman–Crippen LogP) is 0.777. The molecular formula is C13H15N3O3. The van der Waals surface area contributed by atoms with E-state index in [-0.39, 0.29) is 18.7 Å². The molecule has 0 unspecified atom stereocenters. The number of amides is 1. The molecule has 0 spiro atoms. The summed E-state index contributed by atoms with van der Waals surface area (Å²) in [6.07, 6.45) is 0.309. The van der Waals surface area contributed by atoms with Gasteiger partial charge in [-0.1, -0.05) is 6.07 Å². The summed E-state index contributed by atoms with van der Waals surface area (Å²) in [7, 11) is 1.25. The van der Waals surface area contributed by atoms with Crippen molar-refractivity contribution < 1.29 is 14.3 Å². The number of esters is 1. The van der Waals surface area contributed by atoms with Crippen molar-refractivity contribution in [3.8, 4) is 6.07 Å². The lowest BCUT2D eigenvalue weighted by Crippen LogP contribution is -2.32. The average Bonchev–Trinajstić information content (AvgIpc) is 2.44. The monoisotopic (exact) mass is 261 g/mol. The van der Waals surface area contributed by atoms with Crippen LogP contribution in [0, 0.1) is 11.3 Å². The van der Waals surface area contributed by atoms with Crippen molar-refractivity contribution in [3.05, 3.63) is 29.8 Å². The van der Waals surface area contributed by atoms with Crippen molar-refractivity contribution in [2.45, 2.75) is 18.9 Å². The number of rotatable bonds is 5. The van der Waals surface area contributed by atoms with E-state index in [9.17, 15) is 9.59 Å². The van der Waals surface area contributed by atoms with Crippen LogP contribution in [0.4, 0.5) is 5.69 Å². The zero-order valence-electron chi connectivity index (χ0n) is 10.6. The van der Waals surface area contributed by atoms with E-state index in [2.05, 4.69) is 10.1 Å². The van der Waals surface area contributed by atoms with Gasteiger partial charge in [-0.3, -0.25) is 9.59 Å². The number of methoxy groups -OCH3 is 1. The predicted molar refractivity (Wildman–Crippen MR) is 69.0 cm³/mol. The maximum absolute atomic E-state index is 11.6. The molecule has 0 fully saturated rings. The molecule has 1 aromatic carbocycles. The van der Waals surface area contributed by atoms with Crippen molar-refractivity contribution >= 4 is 17.6 Å². The van der Waals surface area contributed by atoms with E-state index in [0.717, 1.165) is 0 Å². The van der Waals surface area contributed by atoms with Gasteiger partial charge in [0.2, 0.25) is 5.91 Å². The highest BCUT2D eigenvalue weighted by molar-refractivity contribution is 5.91. The van der Waals surface area contributed by atoms with E-state index in [1.807, 2.05) is 6.07 Å². The second kappa shape index (κ2) is 7.13. The SMILES string of the molecule is COC(=O)[C@@H](N)CCC(=O)Nc1cccc(C#N)c1. The number of carbonyl (C=O) groups excluding carboxylic acids is 2. The van der Waals surface area contributed by atoms with Gasteiger partial charge in [-0.25, -0.2) is 0 Å². The third-order valence-corrected chi connectivity index (χ3v) is 2.46. The fourth-order valence-corrected chi connectivity index (χ4v) is 1.45. The van der Waals surface area contributed by atoms with Gasteiger partial charge >= 0.3 is 5.97 Å². The molecule has 0 heterocycles. The minimum atomic E-state index is -0.804. The molecule has 1 aromatic rings. The van der Waals surface area contributed by atoms with Crippen molar-refractivity contribution in [3.63, 3.8) is 0 Å². The topological polar surface area (TPSA) is 105 Å². The molecule has 6 heteroatoms. The zero-order valence-corrected chi connectivity index (χ0v) is 10.6. The lowest BCUT2D eigenvalue weighted by molar-refractivity contribution is -0.142. The highest BCUT2D eigenvalue weighted by atomic mass is 16.5. The van der Waals surface area contributed by atoms with E-state index in [1.54, 1.807) is 24.3 Å². The number of anilines is 1. The minimum absolute atomic E-state index is 0.104. The molecule has 1 atom stereocenters. The first kappa shape index (κ1) is 14.7. The van der Waals surface area contributed by atoms with Gasteiger partial charge in [-0.2, -0.15) is 5.26 Å². The normalized spacial score (nSPS) is 11.2. The third kappa shape index (κ3) is 4.77. The quantitative estimate of drug-likeness (QED) is 0.762. The molecule has 0 aliphatic heterocycles. The highest BCUT2D eigenvalue weighted by Crippen LogP contribution is 2.10. The Hall–Kier alpha value is -2.39. The Morgan fingerprint density at radius 2 is 2.26 bits per heavy atom. The first-order valence-electron chi connectivity index (χ1n) is 5.70. The third-order valence-electron chi connectivity index (χ3n) is 2.46. The van der Waals surface area contributed by atoms with Crippen LogP contribution in [0.5, 0.6) is 0 Å². The van der Waals surface area contributed by atoms with Crippen molar-refractivity contribution in [2.24, 2.45) is 5.73 Å². The molecule has 0 radical (unpaired) electrons. The Labute approximate surface area is 111 Å². The standard InChI is InChI=1S/C13H15N3O3/c1-19-13(18)11(15)5-6-12(17)16-10-4-2-3-9(7-10)8-14/h2-4,7,11H,5-6,15H2,1H3,(H,16,17)/t11-/m0/s1.